The summed E-state index contributed by atoms with van der Waals surface area (Å²) < 4.78 is 1.86. The summed E-state index contributed by atoms with van der Waals surface area (Å²) in [5, 5.41) is 8.05. The van der Waals surface area contributed by atoms with Crippen molar-refractivity contribution in [1.29, 1.82) is 0 Å². The topological polar surface area (TPSA) is 42.2 Å². The minimum atomic E-state index is 0.736. The summed E-state index contributed by atoms with van der Waals surface area (Å²) in [5.41, 5.74) is 6.62. The van der Waals surface area contributed by atoms with E-state index in [1.165, 1.54) is 18.4 Å². The Kier molecular flexibility index (Phi) is 3.76. The summed E-state index contributed by atoms with van der Waals surface area (Å²) >= 11 is 0. The van der Waals surface area contributed by atoms with Crippen LogP contribution in [0.1, 0.15) is 18.4 Å². The van der Waals surface area contributed by atoms with Gasteiger partial charge in [0.2, 0.25) is 0 Å². The third-order valence-electron chi connectivity index (χ3n) is 4.90. The molecular formula is C22H20N4. The lowest BCUT2D eigenvalue weighted by Gasteiger charge is -2.06. The van der Waals surface area contributed by atoms with Crippen LogP contribution in [0, 0.1) is 0 Å². The van der Waals surface area contributed by atoms with E-state index in [-0.39, 0.29) is 0 Å². The lowest BCUT2D eigenvalue weighted by Crippen LogP contribution is -2.14. The van der Waals surface area contributed by atoms with Crippen LogP contribution in [-0.4, -0.2) is 20.6 Å². The Bertz CT molecular complexity index is 1030. The molecule has 2 aromatic heterocycles. The summed E-state index contributed by atoms with van der Waals surface area (Å²) in [6.45, 7) is 0.946. The Balaban J connectivity index is 1.42. The highest BCUT2D eigenvalue weighted by molar-refractivity contribution is 5.77. The Morgan fingerprint density at radius 2 is 1.69 bits per heavy atom. The molecule has 128 valence electrons. The van der Waals surface area contributed by atoms with Crippen molar-refractivity contribution < 1.29 is 0 Å². The monoisotopic (exact) mass is 340 g/mol. The molecule has 0 bridgehead atoms. The van der Waals surface area contributed by atoms with Gasteiger partial charge in [0.1, 0.15) is 0 Å². The van der Waals surface area contributed by atoms with Crippen molar-refractivity contribution in [3.63, 3.8) is 0 Å². The van der Waals surface area contributed by atoms with Crippen LogP contribution >= 0.6 is 0 Å². The van der Waals surface area contributed by atoms with Gasteiger partial charge in [-0.2, -0.15) is 5.10 Å². The van der Waals surface area contributed by atoms with Crippen molar-refractivity contribution in [2.24, 2.45) is 0 Å². The fourth-order valence-corrected chi connectivity index (χ4v) is 3.21. The van der Waals surface area contributed by atoms with E-state index in [0.29, 0.717) is 0 Å². The normalized spacial score (nSPS) is 14.0. The fourth-order valence-electron chi connectivity index (χ4n) is 3.21. The van der Waals surface area contributed by atoms with Gasteiger partial charge in [-0.15, -0.1) is 0 Å². The number of hydrogen-bond acceptors (Lipinski definition) is 3. The Labute approximate surface area is 152 Å². The van der Waals surface area contributed by atoms with Crippen molar-refractivity contribution >= 4 is 5.65 Å². The van der Waals surface area contributed by atoms with Crippen molar-refractivity contribution in [2.45, 2.75) is 25.4 Å². The minimum absolute atomic E-state index is 0.736. The summed E-state index contributed by atoms with van der Waals surface area (Å²) in [4.78, 5) is 4.67. The molecule has 5 rings (SSSR count). The highest BCUT2D eigenvalue weighted by Gasteiger charge is 2.19. The van der Waals surface area contributed by atoms with E-state index in [1.54, 1.807) is 0 Å². The van der Waals surface area contributed by atoms with Crippen LogP contribution in [0.2, 0.25) is 0 Å². The van der Waals surface area contributed by atoms with Crippen LogP contribution in [0.25, 0.3) is 27.9 Å². The third kappa shape index (κ3) is 3.00. The number of hydrogen-bond donors (Lipinski definition) is 1. The van der Waals surface area contributed by atoms with E-state index in [0.717, 1.165) is 40.5 Å². The van der Waals surface area contributed by atoms with Crippen molar-refractivity contribution in [3.8, 4) is 22.3 Å². The number of nitrogens with zero attached hydrogens (tertiary/aromatic N) is 3. The van der Waals surface area contributed by atoms with Gasteiger partial charge < -0.3 is 5.32 Å². The Hall–Kier alpha value is -2.98. The SMILES string of the molecule is c1ccc(-c2cnn3cc(-c4ccc(CNC5CC5)cc4)cnc23)cc1. The molecule has 2 aromatic carbocycles. The molecule has 0 aliphatic heterocycles. The fraction of sp³-hybridized carbons (Fsp3) is 0.182. The molecule has 1 saturated carbocycles. The van der Waals surface area contributed by atoms with Crippen LogP contribution in [0.5, 0.6) is 0 Å². The second kappa shape index (κ2) is 6.39. The lowest BCUT2D eigenvalue weighted by atomic mass is 10.1. The molecular weight excluding hydrogens is 320 g/mol. The van der Waals surface area contributed by atoms with Gasteiger partial charge in [-0.1, -0.05) is 54.6 Å². The molecule has 0 radical (unpaired) electrons. The van der Waals surface area contributed by atoms with Gasteiger partial charge in [0.25, 0.3) is 0 Å². The van der Waals surface area contributed by atoms with Gasteiger partial charge in [-0.05, 0) is 29.5 Å². The first-order chi connectivity index (χ1) is 12.9. The second-order valence-corrected chi connectivity index (χ2v) is 6.89. The first kappa shape index (κ1) is 15.3. The van der Waals surface area contributed by atoms with E-state index >= 15 is 0 Å². The van der Waals surface area contributed by atoms with Crippen LogP contribution < -0.4 is 5.32 Å². The molecule has 4 heteroatoms. The molecule has 0 spiro atoms. The maximum atomic E-state index is 4.67. The second-order valence-electron chi connectivity index (χ2n) is 6.89. The molecule has 0 atom stereocenters. The molecule has 1 aliphatic rings. The van der Waals surface area contributed by atoms with Gasteiger partial charge in [0.15, 0.2) is 5.65 Å². The molecule has 1 fully saturated rings. The van der Waals surface area contributed by atoms with Gasteiger partial charge in [0, 0.05) is 36.1 Å². The standard InChI is InChI=1S/C22H20N4/c1-2-4-18(5-3-1)21-14-25-26-15-19(13-24-22(21)26)17-8-6-16(7-9-17)12-23-20-10-11-20/h1-9,13-15,20,23H,10-12H2. The van der Waals surface area contributed by atoms with Crippen molar-refractivity contribution in [1.82, 2.24) is 19.9 Å². The molecule has 4 nitrogen and oxygen atoms in total. The molecule has 4 aromatic rings. The van der Waals surface area contributed by atoms with E-state index in [4.69, 9.17) is 0 Å². The number of fused-ring (bicyclic) bond motifs is 1. The molecule has 1 aliphatic carbocycles. The van der Waals surface area contributed by atoms with Gasteiger partial charge in [-0.3, -0.25) is 0 Å². The van der Waals surface area contributed by atoms with Crippen LogP contribution in [0.15, 0.2) is 73.2 Å². The third-order valence-corrected chi connectivity index (χ3v) is 4.90. The number of rotatable bonds is 5. The Morgan fingerprint density at radius 3 is 2.46 bits per heavy atom. The highest BCUT2D eigenvalue weighted by atomic mass is 15.2. The maximum Gasteiger partial charge on any atom is 0.162 e. The molecule has 26 heavy (non-hydrogen) atoms. The van der Waals surface area contributed by atoms with Gasteiger partial charge >= 0.3 is 0 Å². The van der Waals surface area contributed by atoms with E-state index in [1.807, 2.05) is 41.3 Å². The summed E-state index contributed by atoms with van der Waals surface area (Å²) in [6, 6.07) is 19.7. The van der Waals surface area contributed by atoms with Gasteiger partial charge in [0.05, 0.1) is 6.20 Å². The summed E-state index contributed by atoms with van der Waals surface area (Å²) in [5.74, 6) is 0. The quantitative estimate of drug-likeness (QED) is 0.588. The van der Waals surface area contributed by atoms with Crippen LogP contribution in [-0.2, 0) is 6.54 Å². The van der Waals surface area contributed by atoms with Crippen molar-refractivity contribution in [3.05, 3.63) is 78.8 Å². The van der Waals surface area contributed by atoms with Crippen LogP contribution in [0.4, 0.5) is 0 Å². The summed E-state index contributed by atoms with van der Waals surface area (Å²) in [6.07, 6.45) is 8.50. The zero-order valence-corrected chi connectivity index (χ0v) is 14.5. The Morgan fingerprint density at radius 1 is 0.885 bits per heavy atom. The van der Waals surface area contributed by atoms with Gasteiger partial charge in [-0.25, -0.2) is 9.50 Å². The lowest BCUT2D eigenvalue weighted by molar-refractivity contribution is 0.688. The number of benzene rings is 2. The maximum absolute atomic E-state index is 4.67. The zero-order valence-electron chi connectivity index (χ0n) is 14.5. The molecule has 0 saturated heterocycles. The molecule has 2 heterocycles. The van der Waals surface area contributed by atoms with Crippen molar-refractivity contribution in [2.75, 3.05) is 0 Å². The average molecular weight is 340 g/mol. The van der Waals surface area contributed by atoms with E-state index < -0.39 is 0 Å². The molecule has 0 unspecified atom stereocenters. The number of nitrogens with one attached hydrogen (secondary N) is 1. The predicted molar refractivity (Wildman–Crippen MR) is 104 cm³/mol. The first-order valence-corrected chi connectivity index (χ1v) is 9.08. The zero-order chi connectivity index (χ0) is 17.3. The van der Waals surface area contributed by atoms with E-state index in [2.05, 4.69) is 51.8 Å². The molecule has 1 N–H and O–H groups in total. The summed E-state index contributed by atoms with van der Waals surface area (Å²) in [7, 11) is 0. The first-order valence-electron chi connectivity index (χ1n) is 9.08. The highest BCUT2D eigenvalue weighted by Crippen LogP contribution is 2.25. The minimum Gasteiger partial charge on any atom is -0.310 e. The average Bonchev–Trinajstić information content (AvgIpc) is 3.44. The smallest absolute Gasteiger partial charge is 0.162 e. The largest absolute Gasteiger partial charge is 0.310 e. The number of aromatic nitrogens is 3. The predicted octanol–water partition coefficient (Wildman–Crippen LogP) is 4.32. The van der Waals surface area contributed by atoms with E-state index in [9.17, 15) is 0 Å². The van der Waals surface area contributed by atoms with Crippen LogP contribution in [0.3, 0.4) is 0 Å². The molecule has 0 amide bonds.